The normalized spacial score (nSPS) is 10.4. The lowest BCUT2D eigenvalue weighted by molar-refractivity contribution is 0.629. The Bertz CT molecular complexity index is 475. The summed E-state index contributed by atoms with van der Waals surface area (Å²) in [7, 11) is 0. The predicted molar refractivity (Wildman–Crippen MR) is 44.5 cm³/mol. The lowest BCUT2D eigenvalue weighted by atomic mass is 10.2. The van der Waals surface area contributed by atoms with Gasteiger partial charge in [0, 0.05) is 12.3 Å². The SMILES string of the molecule is O=c1cc2cc(F)ccc2c[nH]1. The van der Waals surface area contributed by atoms with Crippen LogP contribution in [0, 0.1) is 5.82 Å². The Balaban J connectivity index is 2.89. The van der Waals surface area contributed by atoms with Crippen LogP contribution in [0.4, 0.5) is 4.39 Å². The quantitative estimate of drug-likeness (QED) is 0.629. The van der Waals surface area contributed by atoms with E-state index in [4.69, 9.17) is 0 Å². The molecule has 2 aromatic rings. The van der Waals surface area contributed by atoms with Gasteiger partial charge < -0.3 is 4.98 Å². The molecule has 2 nitrogen and oxygen atoms in total. The molecule has 0 saturated carbocycles. The number of fused-ring (bicyclic) bond motifs is 1. The number of hydrogen-bond donors (Lipinski definition) is 1. The molecule has 0 aliphatic rings. The second-order valence-corrected chi connectivity index (χ2v) is 2.57. The van der Waals surface area contributed by atoms with Crippen molar-refractivity contribution in [1.82, 2.24) is 4.98 Å². The molecule has 0 atom stereocenters. The van der Waals surface area contributed by atoms with E-state index in [0.29, 0.717) is 5.39 Å². The van der Waals surface area contributed by atoms with E-state index in [2.05, 4.69) is 4.98 Å². The molecule has 0 radical (unpaired) electrons. The highest BCUT2D eigenvalue weighted by molar-refractivity contribution is 5.81. The second kappa shape index (κ2) is 2.44. The number of hydrogen-bond acceptors (Lipinski definition) is 1. The smallest absolute Gasteiger partial charge is 0.248 e. The van der Waals surface area contributed by atoms with Crippen LogP contribution in [0.5, 0.6) is 0 Å². The van der Waals surface area contributed by atoms with Crippen LogP contribution in [0.1, 0.15) is 0 Å². The Kier molecular flexibility index (Phi) is 1.43. The summed E-state index contributed by atoms with van der Waals surface area (Å²) >= 11 is 0. The highest BCUT2D eigenvalue weighted by atomic mass is 19.1. The molecule has 0 fully saturated rings. The zero-order valence-electron chi connectivity index (χ0n) is 6.17. The molecule has 1 aromatic heterocycles. The summed E-state index contributed by atoms with van der Waals surface area (Å²) in [6.07, 6.45) is 1.57. The van der Waals surface area contributed by atoms with Gasteiger partial charge in [-0.25, -0.2) is 4.39 Å². The lowest BCUT2D eigenvalue weighted by Crippen LogP contribution is -2.01. The Hall–Kier alpha value is -1.64. The van der Waals surface area contributed by atoms with Gasteiger partial charge in [-0.15, -0.1) is 0 Å². The maximum Gasteiger partial charge on any atom is 0.248 e. The van der Waals surface area contributed by atoms with Crippen molar-refractivity contribution >= 4 is 10.8 Å². The summed E-state index contributed by atoms with van der Waals surface area (Å²) in [6, 6.07) is 5.70. The van der Waals surface area contributed by atoms with E-state index in [0.717, 1.165) is 5.39 Å². The van der Waals surface area contributed by atoms with Gasteiger partial charge >= 0.3 is 0 Å². The first-order valence-electron chi connectivity index (χ1n) is 3.54. The van der Waals surface area contributed by atoms with Gasteiger partial charge in [0.05, 0.1) is 0 Å². The van der Waals surface area contributed by atoms with Crippen LogP contribution in [-0.4, -0.2) is 4.98 Å². The average Bonchev–Trinajstić information content (AvgIpc) is 2.03. The molecule has 1 N–H and O–H groups in total. The largest absolute Gasteiger partial charge is 0.328 e. The first kappa shape index (κ1) is 7.03. The molecule has 0 saturated heterocycles. The number of pyridine rings is 1. The van der Waals surface area contributed by atoms with E-state index in [-0.39, 0.29) is 11.4 Å². The number of rotatable bonds is 0. The zero-order chi connectivity index (χ0) is 8.55. The molecule has 0 amide bonds. The van der Waals surface area contributed by atoms with E-state index in [9.17, 15) is 9.18 Å². The fourth-order valence-electron chi connectivity index (χ4n) is 1.13. The molecule has 1 aromatic carbocycles. The van der Waals surface area contributed by atoms with Crippen LogP contribution in [-0.2, 0) is 0 Å². The van der Waals surface area contributed by atoms with Crippen LogP contribution in [0.15, 0.2) is 35.3 Å². The Morgan fingerprint density at radius 1 is 1.17 bits per heavy atom. The molecular weight excluding hydrogens is 157 g/mol. The average molecular weight is 163 g/mol. The third-order valence-corrected chi connectivity index (χ3v) is 1.71. The van der Waals surface area contributed by atoms with Gasteiger partial charge in [0.15, 0.2) is 0 Å². The van der Waals surface area contributed by atoms with Crippen molar-refractivity contribution in [2.75, 3.05) is 0 Å². The maximum absolute atomic E-state index is 12.7. The standard InChI is InChI=1S/C9H6FNO/c10-8-2-1-6-5-11-9(12)4-7(6)3-8/h1-5H,(H,11,12). The molecule has 1 heterocycles. The van der Waals surface area contributed by atoms with Crippen molar-refractivity contribution in [1.29, 1.82) is 0 Å². The molecule has 0 aliphatic carbocycles. The lowest BCUT2D eigenvalue weighted by Gasteiger charge is -1.94. The van der Waals surface area contributed by atoms with Gasteiger partial charge in [0.1, 0.15) is 5.82 Å². The third-order valence-electron chi connectivity index (χ3n) is 1.71. The fraction of sp³-hybridized carbons (Fsp3) is 0. The highest BCUT2D eigenvalue weighted by Crippen LogP contribution is 2.11. The van der Waals surface area contributed by atoms with Crippen molar-refractivity contribution in [2.45, 2.75) is 0 Å². The number of aromatic nitrogens is 1. The van der Waals surface area contributed by atoms with Crippen molar-refractivity contribution in [2.24, 2.45) is 0 Å². The summed E-state index contributed by atoms with van der Waals surface area (Å²) in [4.78, 5) is 13.3. The van der Waals surface area contributed by atoms with Crippen molar-refractivity contribution in [3.63, 3.8) is 0 Å². The number of aromatic amines is 1. The second-order valence-electron chi connectivity index (χ2n) is 2.57. The van der Waals surface area contributed by atoms with E-state index in [1.54, 1.807) is 12.3 Å². The van der Waals surface area contributed by atoms with Gasteiger partial charge in [-0.05, 0) is 22.9 Å². The molecule has 2 rings (SSSR count). The minimum absolute atomic E-state index is 0.215. The van der Waals surface area contributed by atoms with Gasteiger partial charge in [-0.2, -0.15) is 0 Å². The number of nitrogens with one attached hydrogen (secondary N) is 1. The molecule has 3 heteroatoms. The molecule has 0 aliphatic heterocycles. The van der Waals surface area contributed by atoms with Gasteiger partial charge in [-0.1, -0.05) is 6.07 Å². The topological polar surface area (TPSA) is 32.9 Å². The molecular formula is C9H6FNO. The first-order valence-corrected chi connectivity index (χ1v) is 3.54. The van der Waals surface area contributed by atoms with Gasteiger partial charge in [0.25, 0.3) is 0 Å². The third kappa shape index (κ3) is 1.09. The van der Waals surface area contributed by atoms with Crippen LogP contribution in [0.3, 0.4) is 0 Å². The van der Waals surface area contributed by atoms with Crippen LogP contribution in [0.2, 0.25) is 0 Å². The summed E-state index contributed by atoms with van der Waals surface area (Å²) < 4.78 is 12.7. The predicted octanol–water partition coefficient (Wildman–Crippen LogP) is 1.67. The van der Waals surface area contributed by atoms with E-state index in [1.807, 2.05) is 0 Å². The zero-order valence-corrected chi connectivity index (χ0v) is 6.17. The number of halogens is 1. The Labute approximate surface area is 67.7 Å². The Morgan fingerprint density at radius 2 is 2.00 bits per heavy atom. The molecule has 60 valence electrons. The summed E-state index contributed by atoms with van der Waals surface area (Å²) in [5.74, 6) is -0.326. The number of benzene rings is 1. The minimum atomic E-state index is -0.326. The minimum Gasteiger partial charge on any atom is -0.328 e. The molecule has 0 bridgehead atoms. The molecule has 12 heavy (non-hydrogen) atoms. The van der Waals surface area contributed by atoms with Gasteiger partial charge in [0.2, 0.25) is 5.56 Å². The summed E-state index contributed by atoms with van der Waals surface area (Å²) in [5, 5.41) is 1.45. The van der Waals surface area contributed by atoms with Crippen molar-refractivity contribution in [3.05, 3.63) is 46.6 Å². The monoisotopic (exact) mass is 163 g/mol. The molecule has 0 unspecified atom stereocenters. The maximum atomic E-state index is 12.7. The Morgan fingerprint density at radius 3 is 2.83 bits per heavy atom. The van der Waals surface area contributed by atoms with Crippen LogP contribution in [0.25, 0.3) is 10.8 Å². The van der Waals surface area contributed by atoms with E-state index in [1.165, 1.54) is 18.2 Å². The van der Waals surface area contributed by atoms with Crippen LogP contribution >= 0.6 is 0 Å². The summed E-state index contributed by atoms with van der Waals surface area (Å²) in [5.41, 5.74) is -0.215. The van der Waals surface area contributed by atoms with Gasteiger partial charge in [-0.3, -0.25) is 4.79 Å². The van der Waals surface area contributed by atoms with E-state index < -0.39 is 0 Å². The summed E-state index contributed by atoms with van der Waals surface area (Å²) in [6.45, 7) is 0. The van der Waals surface area contributed by atoms with Crippen LogP contribution < -0.4 is 5.56 Å². The fourth-order valence-corrected chi connectivity index (χ4v) is 1.13. The van der Waals surface area contributed by atoms with Crippen molar-refractivity contribution < 1.29 is 4.39 Å². The molecule has 0 spiro atoms. The first-order chi connectivity index (χ1) is 5.75. The highest BCUT2D eigenvalue weighted by Gasteiger charge is 1.95. The van der Waals surface area contributed by atoms with Crippen molar-refractivity contribution in [3.8, 4) is 0 Å². The number of H-pyrrole nitrogens is 1. The van der Waals surface area contributed by atoms with E-state index >= 15 is 0 Å².